The molecule has 0 saturated heterocycles. The molecule has 2 aromatic rings. The van der Waals surface area contributed by atoms with Gasteiger partial charge in [0.05, 0.1) is 12.5 Å². The number of halogens is 1. The van der Waals surface area contributed by atoms with E-state index in [0.717, 1.165) is 19.8 Å². The van der Waals surface area contributed by atoms with Crippen LogP contribution in [0.2, 0.25) is 0 Å². The molecule has 5 nitrogen and oxygen atoms in total. The molecule has 4 rings (SSSR count). The van der Waals surface area contributed by atoms with Crippen molar-refractivity contribution in [3.05, 3.63) is 55.7 Å². The smallest absolute Gasteiger partial charge is 0.239 e. The zero-order chi connectivity index (χ0) is 19.3. The maximum absolute atomic E-state index is 13.2. The molecule has 1 amide bonds. The SMILES string of the molecule is CN1C(=O)[C@@H](c2ccc(C3CC3)cc2)[C@@](C)(c2cc(Br)c(CO)s2)N=C1N. The van der Waals surface area contributed by atoms with E-state index >= 15 is 0 Å². The van der Waals surface area contributed by atoms with Crippen LogP contribution in [-0.4, -0.2) is 28.9 Å². The number of rotatable bonds is 4. The van der Waals surface area contributed by atoms with Gasteiger partial charge in [-0.2, -0.15) is 0 Å². The highest BCUT2D eigenvalue weighted by Crippen LogP contribution is 2.48. The number of hydrogen-bond acceptors (Lipinski definition) is 5. The van der Waals surface area contributed by atoms with Crippen molar-refractivity contribution < 1.29 is 9.90 Å². The summed E-state index contributed by atoms with van der Waals surface area (Å²) >= 11 is 4.95. The third-order valence-corrected chi connectivity index (χ3v) is 7.86. The number of likely N-dealkylation sites (N-methyl/N-ethyl adjacent to an activating group) is 1. The fourth-order valence-electron chi connectivity index (χ4n) is 3.73. The van der Waals surface area contributed by atoms with Crippen LogP contribution in [0.3, 0.4) is 0 Å². The van der Waals surface area contributed by atoms with Gasteiger partial charge in [0.15, 0.2) is 5.96 Å². The summed E-state index contributed by atoms with van der Waals surface area (Å²) in [5.74, 6) is 0.340. The van der Waals surface area contributed by atoms with E-state index in [9.17, 15) is 9.90 Å². The molecule has 2 atom stereocenters. The first-order chi connectivity index (χ1) is 12.8. The zero-order valence-corrected chi connectivity index (χ0v) is 17.7. The van der Waals surface area contributed by atoms with E-state index in [0.29, 0.717) is 5.92 Å². The lowest BCUT2D eigenvalue weighted by Crippen LogP contribution is -2.52. The van der Waals surface area contributed by atoms with Gasteiger partial charge in [-0.05, 0) is 58.8 Å². The summed E-state index contributed by atoms with van der Waals surface area (Å²) in [6, 6.07) is 10.3. The number of thiophene rings is 1. The zero-order valence-electron chi connectivity index (χ0n) is 15.3. The fraction of sp³-hybridized carbons (Fsp3) is 0.400. The molecule has 1 saturated carbocycles. The molecule has 1 aliphatic heterocycles. The van der Waals surface area contributed by atoms with Crippen LogP contribution < -0.4 is 5.73 Å². The molecule has 0 spiro atoms. The molecule has 2 aliphatic rings. The lowest BCUT2D eigenvalue weighted by atomic mass is 9.77. The number of aliphatic hydroxyl groups is 1. The van der Waals surface area contributed by atoms with Gasteiger partial charge < -0.3 is 10.8 Å². The number of nitrogens with two attached hydrogens (primary N) is 1. The third kappa shape index (κ3) is 3.11. The van der Waals surface area contributed by atoms with Crippen LogP contribution in [0.1, 0.15) is 52.5 Å². The number of aliphatic imine (C=N–C) groups is 1. The third-order valence-electron chi connectivity index (χ3n) is 5.55. The van der Waals surface area contributed by atoms with Gasteiger partial charge in [0.25, 0.3) is 0 Å². The summed E-state index contributed by atoms with van der Waals surface area (Å²) in [5, 5.41) is 9.58. The number of aliphatic hydroxyl groups excluding tert-OH is 1. The first-order valence-electron chi connectivity index (χ1n) is 8.97. The van der Waals surface area contributed by atoms with Gasteiger partial charge in [0.1, 0.15) is 5.54 Å². The van der Waals surface area contributed by atoms with Gasteiger partial charge >= 0.3 is 0 Å². The van der Waals surface area contributed by atoms with Gasteiger partial charge in [0, 0.05) is 21.3 Å². The van der Waals surface area contributed by atoms with Crippen LogP contribution in [0.5, 0.6) is 0 Å². The topological polar surface area (TPSA) is 78.9 Å². The van der Waals surface area contributed by atoms with Gasteiger partial charge in [-0.25, -0.2) is 4.99 Å². The first kappa shape index (κ1) is 18.7. The van der Waals surface area contributed by atoms with E-state index in [-0.39, 0.29) is 18.5 Å². The molecule has 3 N–H and O–H groups in total. The molecule has 142 valence electrons. The minimum Gasteiger partial charge on any atom is -0.391 e. The average Bonchev–Trinajstić information content (AvgIpc) is 3.42. The summed E-state index contributed by atoms with van der Waals surface area (Å²) in [6.07, 6.45) is 2.49. The summed E-state index contributed by atoms with van der Waals surface area (Å²) < 4.78 is 0.828. The summed E-state index contributed by atoms with van der Waals surface area (Å²) in [5.41, 5.74) is 7.52. The Morgan fingerprint density at radius 2 is 1.96 bits per heavy atom. The summed E-state index contributed by atoms with van der Waals surface area (Å²) in [7, 11) is 1.66. The Morgan fingerprint density at radius 1 is 1.33 bits per heavy atom. The van der Waals surface area contributed by atoms with E-state index in [2.05, 4.69) is 40.2 Å². The molecular weight excluding hydrogens is 426 g/mol. The Morgan fingerprint density at radius 3 is 2.52 bits per heavy atom. The van der Waals surface area contributed by atoms with Crippen LogP contribution in [0.25, 0.3) is 0 Å². The monoisotopic (exact) mass is 447 g/mol. The highest BCUT2D eigenvalue weighted by atomic mass is 79.9. The molecule has 1 aromatic heterocycles. The van der Waals surface area contributed by atoms with Crippen LogP contribution in [0, 0.1) is 0 Å². The van der Waals surface area contributed by atoms with Crippen molar-refractivity contribution in [1.82, 2.24) is 4.90 Å². The maximum atomic E-state index is 13.2. The Labute approximate surface area is 171 Å². The van der Waals surface area contributed by atoms with Crippen LogP contribution in [-0.2, 0) is 16.9 Å². The van der Waals surface area contributed by atoms with E-state index in [1.165, 1.54) is 34.6 Å². The van der Waals surface area contributed by atoms with Crippen molar-refractivity contribution in [3.63, 3.8) is 0 Å². The molecule has 1 aromatic carbocycles. The van der Waals surface area contributed by atoms with Gasteiger partial charge in [-0.1, -0.05) is 24.3 Å². The van der Waals surface area contributed by atoms with E-state index in [1.54, 1.807) is 7.05 Å². The summed E-state index contributed by atoms with van der Waals surface area (Å²) in [6.45, 7) is 1.89. The highest BCUT2D eigenvalue weighted by molar-refractivity contribution is 9.10. The molecular formula is C20H22BrN3O2S. The van der Waals surface area contributed by atoms with Crippen molar-refractivity contribution in [2.24, 2.45) is 10.7 Å². The van der Waals surface area contributed by atoms with Crippen LogP contribution >= 0.6 is 27.3 Å². The van der Waals surface area contributed by atoms with Gasteiger partial charge in [0.2, 0.25) is 5.91 Å². The second-order valence-corrected chi connectivity index (χ2v) is 9.42. The second-order valence-electron chi connectivity index (χ2n) is 7.43. The van der Waals surface area contributed by atoms with E-state index in [1.807, 2.05) is 13.0 Å². The van der Waals surface area contributed by atoms with E-state index < -0.39 is 11.5 Å². The summed E-state index contributed by atoms with van der Waals surface area (Å²) in [4.78, 5) is 21.1. The number of nitrogens with zero attached hydrogens (tertiary/aromatic N) is 2. The predicted molar refractivity (Wildman–Crippen MR) is 111 cm³/mol. The molecule has 0 radical (unpaired) electrons. The van der Waals surface area contributed by atoms with Crippen molar-refractivity contribution in [1.29, 1.82) is 0 Å². The van der Waals surface area contributed by atoms with Crippen molar-refractivity contribution in [3.8, 4) is 0 Å². The second kappa shape index (κ2) is 6.72. The lowest BCUT2D eigenvalue weighted by molar-refractivity contribution is -0.130. The van der Waals surface area contributed by atoms with Crippen LogP contribution in [0.15, 0.2) is 39.8 Å². The molecule has 1 aliphatic carbocycles. The highest BCUT2D eigenvalue weighted by Gasteiger charge is 2.48. The first-order valence-corrected chi connectivity index (χ1v) is 10.6. The standard InChI is InChI=1S/C20H22BrN3O2S/c1-20(16-9-14(21)15(10-25)27-16)17(18(26)24(2)19(22)23-20)13-7-5-12(6-8-13)11-3-4-11/h5-9,11,17,25H,3-4,10H2,1-2H3,(H2,22,23)/t17-,20-/m1/s1. The minimum absolute atomic E-state index is 0.0604. The number of carbonyl (C=O) groups is 1. The number of carbonyl (C=O) groups excluding carboxylic acids is 1. The Balaban J connectivity index is 1.83. The Hall–Kier alpha value is -1.70. The maximum Gasteiger partial charge on any atom is 0.239 e. The quantitative estimate of drug-likeness (QED) is 0.749. The molecule has 7 heteroatoms. The van der Waals surface area contributed by atoms with Crippen molar-refractivity contribution in [2.45, 2.75) is 43.7 Å². The molecule has 2 heterocycles. The molecule has 0 unspecified atom stereocenters. The van der Waals surface area contributed by atoms with Gasteiger partial charge in [-0.15, -0.1) is 11.3 Å². The Kier molecular flexibility index (Phi) is 4.64. The lowest BCUT2D eigenvalue weighted by Gasteiger charge is -2.40. The van der Waals surface area contributed by atoms with Gasteiger partial charge in [-0.3, -0.25) is 9.69 Å². The predicted octanol–water partition coefficient (Wildman–Crippen LogP) is 3.67. The fourth-order valence-corrected chi connectivity index (χ4v) is 5.51. The number of hydrogen-bond donors (Lipinski definition) is 2. The molecule has 1 fully saturated rings. The minimum atomic E-state index is -0.824. The molecule has 0 bridgehead atoms. The van der Waals surface area contributed by atoms with Crippen molar-refractivity contribution in [2.75, 3.05) is 7.05 Å². The normalized spacial score (nSPS) is 25.6. The largest absolute Gasteiger partial charge is 0.391 e. The molecule has 27 heavy (non-hydrogen) atoms. The van der Waals surface area contributed by atoms with Crippen molar-refractivity contribution >= 4 is 39.1 Å². The van der Waals surface area contributed by atoms with Crippen LogP contribution in [0.4, 0.5) is 0 Å². The number of guanidine groups is 1. The number of amides is 1. The number of benzene rings is 1. The Bertz CT molecular complexity index is 920. The van der Waals surface area contributed by atoms with E-state index in [4.69, 9.17) is 10.7 Å². The average molecular weight is 448 g/mol.